The lowest BCUT2D eigenvalue weighted by molar-refractivity contribution is 0.931. The molecule has 6 nitrogen and oxygen atoms in total. The zero-order valence-electron chi connectivity index (χ0n) is 15.8. The number of hydrogen-bond donors (Lipinski definition) is 3. The molecule has 0 bridgehead atoms. The van der Waals surface area contributed by atoms with Crippen molar-refractivity contribution in [2.45, 2.75) is 20.3 Å². The van der Waals surface area contributed by atoms with Gasteiger partial charge in [-0.25, -0.2) is 0 Å². The van der Waals surface area contributed by atoms with Crippen molar-refractivity contribution in [2.24, 2.45) is 0 Å². The predicted octanol–water partition coefficient (Wildman–Crippen LogP) is 5.02. The van der Waals surface area contributed by atoms with Crippen molar-refractivity contribution < 1.29 is 0 Å². The van der Waals surface area contributed by atoms with Gasteiger partial charge in [-0.05, 0) is 49.1 Å². The molecule has 4 rings (SSSR count). The molecule has 0 aliphatic rings. The number of H-pyrrole nitrogens is 1. The number of aromatic amines is 1. The molecule has 2 heterocycles. The number of benzene rings is 2. The van der Waals surface area contributed by atoms with Crippen LogP contribution in [-0.4, -0.2) is 26.7 Å². The topological polar surface area (TPSA) is 78.5 Å². The summed E-state index contributed by atoms with van der Waals surface area (Å²) in [4.78, 5) is 7.79. The van der Waals surface area contributed by atoms with Crippen LogP contribution in [0.4, 0.5) is 17.5 Å². The van der Waals surface area contributed by atoms with Crippen LogP contribution in [-0.2, 0) is 6.42 Å². The molecule has 2 aromatic heterocycles. The van der Waals surface area contributed by atoms with Crippen LogP contribution in [0.25, 0.3) is 10.9 Å². The molecule has 0 aliphatic carbocycles. The number of aromatic nitrogens is 4. The summed E-state index contributed by atoms with van der Waals surface area (Å²) in [6, 6.07) is 12.3. The molecule has 0 saturated heterocycles. The van der Waals surface area contributed by atoms with Crippen LogP contribution in [0.1, 0.15) is 16.7 Å². The fourth-order valence-electron chi connectivity index (χ4n) is 3.29. The van der Waals surface area contributed by atoms with Crippen molar-refractivity contribution in [3.63, 3.8) is 0 Å². The Kier molecular flexibility index (Phi) is 5.12. The summed E-state index contributed by atoms with van der Waals surface area (Å²) in [5, 5.41) is 16.5. The molecule has 0 saturated carbocycles. The zero-order valence-corrected chi connectivity index (χ0v) is 16.5. The largest absolute Gasteiger partial charge is 0.361 e. The van der Waals surface area contributed by atoms with Gasteiger partial charge in [0.1, 0.15) is 0 Å². The zero-order chi connectivity index (χ0) is 19.5. The second-order valence-corrected chi connectivity index (χ2v) is 7.17. The van der Waals surface area contributed by atoms with Crippen LogP contribution in [0.3, 0.4) is 0 Å². The summed E-state index contributed by atoms with van der Waals surface area (Å²) in [5.41, 5.74) is 5.41. The van der Waals surface area contributed by atoms with E-state index in [4.69, 9.17) is 11.6 Å². The van der Waals surface area contributed by atoms with Gasteiger partial charge in [-0.3, -0.25) is 0 Å². The van der Waals surface area contributed by atoms with Gasteiger partial charge in [0.05, 0.1) is 16.9 Å². The first-order valence-electron chi connectivity index (χ1n) is 9.12. The molecule has 2 aromatic carbocycles. The van der Waals surface area contributed by atoms with E-state index in [1.165, 1.54) is 10.9 Å². The SMILES string of the molecule is Cc1cc(C)c(Nc2cnnc(NCCc3c[nH]c4ccccc34)n2)c(Cl)c1. The maximum Gasteiger partial charge on any atom is 0.244 e. The van der Waals surface area contributed by atoms with E-state index in [2.05, 4.69) is 49.0 Å². The molecule has 0 unspecified atom stereocenters. The van der Waals surface area contributed by atoms with Gasteiger partial charge in [0.25, 0.3) is 0 Å². The Morgan fingerprint density at radius 3 is 2.86 bits per heavy atom. The molecular formula is C21H21ClN6. The summed E-state index contributed by atoms with van der Waals surface area (Å²) in [7, 11) is 0. The van der Waals surface area contributed by atoms with Gasteiger partial charge in [0.2, 0.25) is 5.95 Å². The van der Waals surface area contributed by atoms with Gasteiger partial charge < -0.3 is 15.6 Å². The maximum absolute atomic E-state index is 6.37. The van der Waals surface area contributed by atoms with E-state index in [1.807, 2.05) is 38.2 Å². The Hall–Kier alpha value is -3.12. The van der Waals surface area contributed by atoms with E-state index >= 15 is 0 Å². The Labute approximate surface area is 168 Å². The number of rotatable bonds is 6. The van der Waals surface area contributed by atoms with Crippen molar-refractivity contribution in [1.82, 2.24) is 20.2 Å². The Morgan fingerprint density at radius 1 is 1.14 bits per heavy atom. The summed E-state index contributed by atoms with van der Waals surface area (Å²) < 4.78 is 0. The third kappa shape index (κ3) is 3.92. The summed E-state index contributed by atoms with van der Waals surface area (Å²) in [6.45, 7) is 4.73. The average molecular weight is 393 g/mol. The Bertz CT molecular complexity index is 1100. The molecule has 4 aromatic rings. The standard InChI is InChI=1S/C21H21ClN6/c1-13-9-14(2)20(17(22)10-13)26-19-12-25-28-21(27-19)23-8-7-15-11-24-18-6-4-3-5-16(15)18/h3-6,9-12,24H,7-8H2,1-2H3,(H2,23,26,27,28). The first-order valence-corrected chi connectivity index (χ1v) is 9.50. The molecule has 0 aliphatic heterocycles. The molecular weight excluding hydrogens is 372 g/mol. The summed E-state index contributed by atoms with van der Waals surface area (Å²) in [5.74, 6) is 1.07. The normalized spacial score (nSPS) is 11.0. The highest BCUT2D eigenvalue weighted by atomic mass is 35.5. The van der Waals surface area contributed by atoms with E-state index < -0.39 is 0 Å². The molecule has 3 N–H and O–H groups in total. The van der Waals surface area contributed by atoms with Crippen molar-refractivity contribution in [1.29, 1.82) is 0 Å². The second-order valence-electron chi connectivity index (χ2n) is 6.77. The average Bonchev–Trinajstić information content (AvgIpc) is 3.08. The Morgan fingerprint density at radius 2 is 2.00 bits per heavy atom. The number of halogens is 1. The van der Waals surface area contributed by atoms with Crippen molar-refractivity contribution in [2.75, 3.05) is 17.2 Å². The van der Waals surface area contributed by atoms with E-state index in [1.54, 1.807) is 6.20 Å². The quantitative estimate of drug-likeness (QED) is 0.429. The fraction of sp³-hybridized carbons (Fsp3) is 0.190. The summed E-state index contributed by atoms with van der Waals surface area (Å²) >= 11 is 6.37. The minimum Gasteiger partial charge on any atom is -0.361 e. The van der Waals surface area contributed by atoms with Gasteiger partial charge >= 0.3 is 0 Å². The third-order valence-electron chi connectivity index (χ3n) is 4.60. The highest BCUT2D eigenvalue weighted by Crippen LogP contribution is 2.29. The molecule has 28 heavy (non-hydrogen) atoms. The summed E-state index contributed by atoms with van der Waals surface area (Å²) in [6.07, 6.45) is 4.49. The van der Waals surface area contributed by atoms with Gasteiger partial charge in [0, 0.05) is 23.6 Å². The highest BCUT2D eigenvalue weighted by molar-refractivity contribution is 6.33. The van der Waals surface area contributed by atoms with E-state index in [0.29, 0.717) is 23.3 Å². The van der Waals surface area contributed by atoms with Gasteiger partial charge in [0.15, 0.2) is 5.82 Å². The molecule has 0 amide bonds. The van der Waals surface area contributed by atoms with Crippen LogP contribution >= 0.6 is 11.6 Å². The molecule has 0 fully saturated rings. The van der Waals surface area contributed by atoms with E-state index in [0.717, 1.165) is 28.8 Å². The molecule has 0 spiro atoms. The van der Waals surface area contributed by atoms with Crippen molar-refractivity contribution in [3.05, 3.63) is 70.5 Å². The lowest BCUT2D eigenvalue weighted by atomic mass is 10.1. The Balaban J connectivity index is 1.43. The van der Waals surface area contributed by atoms with Crippen molar-refractivity contribution in [3.8, 4) is 0 Å². The number of nitrogens with zero attached hydrogens (tertiary/aromatic N) is 3. The monoisotopic (exact) mass is 392 g/mol. The van der Waals surface area contributed by atoms with Crippen LogP contribution in [0.5, 0.6) is 0 Å². The van der Waals surface area contributed by atoms with Gasteiger partial charge in [-0.15, -0.1) is 5.10 Å². The number of aryl methyl sites for hydroxylation is 2. The van der Waals surface area contributed by atoms with Crippen LogP contribution in [0, 0.1) is 13.8 Å². The van der Waals surface area contributed by atoms with Gasteiger partial charge in [-0.2, -0.15) is 10.1 Å². The minimum absolute atomic E-state index is 0.478. The van der Waals surface area contributed by atoms with Crippen LogP contribution in [0.2, 0.25) is 5.02 Å². The highest BCUT2D eigenvalue weighted by Gasteiger charge is 2.08. The first-order chi connectivity index (χ1) is 13.6. The smallest absolute Gasteiger partial charge is 0.244 e. The number of hydrogen-bond acceptors (Lipinski definition) is 5. The van der Waals surface area contributed by atoms with Gasteiger partial charge in [-0.1, -0.05) is 35.9 Å². The second kappa shape index (κ2) is 7.86. The number of fused-ring (bicyclic) bond motifs is 1. The first kappa shape index (κ1) is 18.3. The molecule has 0 radical (unpaired) electrons. The maximum atomic E-state index is 6.37. The lowest BCUT2D eigenvalue weighted by Crippen LogP contribution is -2.09. The molecule has 142 valence electrons. The van der Waals surface area contributed by atoms with E-state index in [-0.39, 0.29) is 0 Å². The van der Waals surface area contributed by atoms with Crippen LogP contribution in [0.15, 0.2) is 48.8 Å². The number of nitrogens with one attached hydrogen (secondary N) is 3. The number of para-hydroxylation sites is 1. The van der Waals surface area contributed by atoms with E-state index in [9.17, 15) is 0 Å². The van der Waals surface area contributed by atoms with Crippen LogP contribution < -0.4 is 10.6 Å². The fourth-order valence-corrected chi connectivity index (χ4v) is 3.66. The minimum atomic E-state index is 0.478. The lowest BCUT2D eigenvalue weighted by Gasteiger charge is -2.12. The number of anilines is 3. The third-order valence-corrected chi connectivity index (χ3v) is 4.89. The molecule has 0 atom stereocenters. The van der Waals surface area contributed by atoms with Crippen molar-refractivity contribution >= 4 is 40.0 Å². The predicted molar refractivity (Wildman–Crippen MR) is 115 cm³/mol. The molecule has 7 heteroatoms.